The highest BCUT2D eigenvalue weighted by Gasteiger charge is 1.87. The van der Waals surface area contributed by atoms with Crippen LogP contribution in [0.1, 0.15) is 40.5 Å². The molecule has 1 N–H and O–H groups in total. The quantitative estimate of drug-likeness (QED) is 0.500. The molecule has 0 amide bonds. The fourth-order valence-corrected chi connectivity index (χ4v) is 1.11. The Hall–Kier alpha value is -0.980. The lowest BCUT2D eigenvalue weighted by Gasteiger charge is -1.99. The van der Waals surface area contributed by atoms with Gasteiger partial charge in [-0.1, -0.05) is 29.4 Å². The molecule has 0 unspecified atom stereocenters. The lowest BCUT2D eigenvalue weighted by molar-refractivity contribution is 0.923. The molecule has 0 fully saturated rings. The van der Waals surface area contributed by atoms with Gasteiger partial charge in [0, 0.05) is 6.54 Å². The third kappa shape index (κ3) is 9.11. The molecule has 80 valence electrons. The monoisotopic (exact) mass is 193 g/mol. The molecule has 0 saturated heterocycles. The Morgan fingerprint density at radius 2 is 1.86 bits per heavy atom. The molecule has 0 bridgehead atoms. The van der Waals surface area contributed by atoms with E-state index in [2.05, 4.69) is 38.2 Å². The smallest absolute Gasteiger partial charge is 0.0327 e. The van der Waals surface area contributed by atoms with Gasteiger partial charge < -0.3 is 5.32 Å². The van der Waals surface area contributed by atoms with Crippen molar-refractivity contribution >= 4 is 0 Å². The molecule has 0 saturated carbocycles. The summed E-state index contributed by atoms with van der Waals surface area (Å²) in [5.41, 5.74) is 2.87. The van der Waals surface area contributed by atoms with Gasteiger partial charge >= 0.3 is 0 Å². The first kappa shape index (κ1) is 13.0. The summed E-state index contributed by atoms with van der Waals surface area (Å²) >= 11 is 0. The van der Waals surface area contributed by atoms with E-state index in [1.54, 1.807) is 0 Å². The fourth-order valence-electron chi connectivity index (χ4n) is 1.11. The van der Waals surface area contributed by atoms with Gasteiger partial charge in [-0.15, -0.1) is 0 Å². The van der Waals surface area contributed by atoms with E-state index in [1.807, 2.05) is 19.2 Å². The van der Waals surface area contributed by atoms with E-state index < -0.39 is 0 Å². The standard InChI is InChI=1S/C13H23N/c1-5-10-14-11-9-13(4)8-6-7-12(2)3/h5,7,9-10,14H,6,8,11H2,1-4H3/b10-5+,13-9+. The normalized spacial score (nSPS) is 11.9. The van der Waals surface area contributed by atoms with E-state index in [4.69, 9.17) is 0 Å². The largest absolute Gasteiger partial charge is 0.388 e. The van der Waals surface area contributed by atoms with Crippen LogP contribution in [-0.4, -0.2) is 6.54 Å². The zero-order chi connectivity index (χ0) is 10.8. The van der Waals surface area contributed by atoms with Gasteiger partial charge in [0.1, 0.15) is 0 Å². The lowest BCUT2D eigenvalue weighted by Crippen LogP contribution is -2.03. The van der Waals surface area contributed by atoms with Crippen molar-refractivity contribution in [1.29, 1.82) is 0 Å². The maximum Gasteiger partial charge on any atom is 0.0327 e. The molecule has 1 nitrogen and oxygen atoms in total. The molecule has 0 aliphatic carbocycles. The minimum atomic E-state index is 0.936. The third-order valence-corrected chi connectivity index (χ3v) is 1.94. The van der Waals surface area contributed by atoms with Crippen molar-refractivity contribution in [3.05, 3.63) is 35.6 Å². The van der Waals surface area contributed by atoms with Crippen LogP contribution in [0.4, 0.5) is 0 Å². The Labute approximate surface area is 88.6 Å². The average molecular weight is 193 g/mol. The molecular weight excluding hydrogens is 170 g/mol. The van der Waals surface area contributed by atoms with Crippen molar-refractivity contribution in [1.82, 2.24) is 5.32 Å². The summed E-state index contributed by atoms with van der Waals surface area (Å²) in [5, 5.41) is 3.19. The van der Waals surface area contributed by atoms with Crippen LogP contribution in [0.2, 0.25) is 0 Å². The predicted octanol–water partition coefficient (Wildman–Crippen LogP) is 3.80. The second-order valence-corrected chi connectivity index (χ2v) is 3.78. The van der Waals surface area contributed by atoms with Crippen LogP contribution in [0, 0.1) is 0 Å². The van der Waals surface area contributed by atoms with Gasteiger partial charge in [-0.3, -0.25) is 0 Å². The summed E-state index contributed by atoms with van der Waals surface area (Å²) in [5.74, 6) is 0. The minimum absolute atomic E-state index is 0.936. The molecule has 0 aliphatic rings. The summed E-state index contributed by atoms with van der Waals surface area (Å²) in [4.78, 5) is 0. The van der Waals surface area contributed by atoms with Crippen molar-refractivity contribution in [2.24, 2.45) is 0 Å². The predicted molar refractivity (Wildman–Crippen MR) is 65.2 cm³/mol. The van der Waals surface area contributed by atoms with Gasteiger partial charge in [0.05, 0.1) is 0 Å². The van der Waals surface area contributed by atoms with Gasteiger partial charge in [0.15, 0.2) is 0 Å². The average Bonchev–Trinajstić information content (AvgIpc) is 2.12. The molecular formula is C13H23N. The van der Waals surface area contributed by atoms with Crippen LogP contribution in [0.15, 0.2) is 35.6 Å². The van der Waals surface area contributed by atoms with E-state index >= 15 is 0 Å². The SMILES string of the molecule is C/C=C/NC/C=C(\C)CCC=C(C)C. The van der Waals surface area contributed by atoms with Crippen LogP contribution < -0.4 is 5.32 Å². The molecule has 0 atom stereocenters. The van der Waals surface area contributed by atoms with Gasteiger partial charge in [-0.05, 0) is 46.7 Å². The van der Waals surface area contributed by atoms with Crippen LogP contribution in [0.25, 0.3) is 0 Å². The third-order valence-electron chi connectivity index (χ3n) is 1.94. The molecule has 0 radical (unpaired) electrons. The molecule has 0 spiro atoms. The Morgan fingerprint density at radius 1 is 1.14 bits per heavy atom. The van der Waals surface area contributed by atoms with Crippen molar-refractivity contribution in [3.63, 3.8) is 0 Å². The second-order valence-electron chi connectivity index (χ2n) is 3.78. The van der Waals surface area contributed by atoms with Crippen molar-refractivity contribution < 1.29 is 0 Å². The van der Waals surface area contributed by atoms with Crippen molar-refractivity contribution in [3.8, 4) is 0 Å². The zero-order valence-corrected chi connectivity index (χ0v) is 9.93. The lowest BCUT2D eigenvalue weighted by atomic mass is 10.1. The maximum atomic E-state index is 3.19. The highest BCUT2D eigenvalue weighted by atomic mass is 14.8. The van der Waals surface area contributed by atoms with Gasteiger partial charge in [0.2, 0.25) is 0 Å². The minimum Gasteiger partial charge on any atom is -0.388 e. The van der Waals surface area contributed by atoms with Crippen molar-refractivity contribution in [2.75, 3.05) is 6.54 Å². The summed E-state index contributed by atoms with van der Waals surface area (Å²) in [6.07, 6.45) is 10.8. The topological polar surface area (TPSA) is 12.0 Å². The van der Waals surface area contributed by atoms with Gasteiger partial charge in [-0.25, -0.2) is 0 Å². The van der Waals surface area contributed by atoms with E-state index in [0.29, 0.717) is 0 Å². The Morgan fingerprint density at radius 3 is 2.43 bits per heavy atom. The number of allylic oxidation sites excluding steroid dienone is 4. The molecule has 0 aromatic heterocycles. The van der Waals surface area contributed by atoms with E-state index in [0.717, 1.165) is 13.0 Å². The van der Waals surface area contributed by atoms with Gasteiger partial charge in [0.25, 0.3) is 0 Å². The van der Waals surface area contributed by atoms with Crippen LogP contribution >= 0.6 is 0 Å². The Bertz CT molecular complexity index is 217. The van der Waals surface area contributed by atoms with Crippen molar-refractivity contribution in [2.45, 2.75) is 40.5 Å². The number of hydrogen-bond donors (Lipinski definition) is 1. The summed E-state index contributed by atoms with van der Waals surface area (Å²) in [7, 11) is 0. The Balaban J connectivity index is 3.62. The molecule has 0 aliphatic heterocycles. The summed E-state index contributed by atoms with van der Waals surface area (Å²) in [6, 6.07) is 0. The molecule has 0 aromatic carbocycles. The molecule has 1 heteroatoms. The number of hydrogen-bond acceptors (Lipinski definition) is 1. The maximum absolute atomic E-state index is 3.19. The van der Waals surface area contributed by atoms with Crippen LogP contribution in [-0.2, 0) is 0 Å². The van der Waals surface area contributed by atoms with Crippen LogP contribution in [0.5, 0.6) is 0 Å². The Kier molecular flexibility index (Phi) is 8.01. The number of nitrogens with one attached hydrogen (secondary N) is 1. The molecule has 0 aromatic rings. The first-order valence-corrected chi connectivity index (χ1v) is 5.30. The van der Waals surface area contributed by atoms with E-state index in [1.165, 1.54) is 17.6 Å². The second kappa shape index (κ2) is 8.61. The molecule has 0 heterocycles. The fraction of sp³-hybridized carbons (Fsp3) is 0.538. The van der Waals surface area contributed by atoms with Gasteiger partial charge in [-0.2, -0.15) is 0 Å². The highest BCUT2D eigenvalue weighted by Crippen LogP contribution is 2.05. The summed E-state index contributed by atoms with van der Waals surface area (Å²) in [6.45, 7) is 9.43. The first-order chi connectivity index (χ1) is 6.66. The first-order valence-electron chi connectivity index (χ1n) is 5.30. The van der Waals surface area contributed by atoms with E-state index in [9.17, 15) is 0 Å². The number of rotatable bonds is 6. The molecule has 14 heavy (non-hydrogen) atoms. The van der Waals surface area contributed by atoms with E-state index in [-0.39, 0.29) is 0 Å². The highest BCUT2D eigenvalue weighted by molar-refractivity contribution is 5.03. The zero-order valence-electron chi connectivity index (χ0n) is 9.93. The van der Waals surface area contributed by atoms with Crippen LogP contribution in [0.3, 0.4) is 0 Å². The molecule has 0 rings (SSSR count). The summed E-state index contributed by atoms with van der Waals surface area (Å²) < 4.78 is 0.